The van der Waals surface area contributed by atoms with Gasteiger partial charge in [0.2, 0.25) is 5.91 Å². The number of methoxy groups -OCH3 is 1. The molecule has 0 spiro atoms. The SMILES string of the molecule is COC(=O)Sc1cc(Cl)c(Cl)cc1NC(=O)C1(C)CCCCC1. The normalized spacial score (nSPS) is 16.7. The van der Waals surface area contributed by atoms with E-state index in [2.05, 4.69) is 10.1 Å². The maximum absolute atomic E-state index is 12.7. The minimum atomic E-state index is -0.484. The molecule has 1 N–H and O–H groups in total. The van der Waals surface area contributed by atoms with E-state index in [1.54, 1.807) is 12.1 Å². The number of thioether (sulfide) groups is 1. The van der Waals surface area contributed by atoms with Gasteiger partial charge >= 0.3 is 5.30 Å². The number of carbonyl (C=O) groups is 2. The van der Waals surface area contributed by atoms with E-state index in [0.717, 1.165) is 37.4 Å². The number of benzene rings is 1. The van der Waals surface area contributed by atoms with Crippen molar-refractivity contribution in [3.05, 3.63) is 22.2 Å². The van der Waals surface area contributed by atoms with Crippen LogP contribution in [0.25, 0.3) is 0 Å². The molecule has 0 atom stereocenters. The molecule has 0 bridgehead atoms. The third-order valence-electron chi connectivity index (χ3n) is 4.14. The minimum Gasteiger partial charge on any atom is -0.461 e. The lowest BCUT2D eigenvalue weighted by atomic mass is 9.75. The van der Waals surface area contributed by atoms with Crippen LogP contribution in [0.1, 0.15) is 39.0 Å². The molecule has 7 heteroatoms. The number of hydrogen-bond donors (Lipinski definition) is 1. The molecule has 1 fully saturated rings. The predicted octanol–water partition coefficient (Wildman–Crippen LogP) is 5.76. The average Bonchev–Trinajstić information content (AvgIpc) is 2.52. The van der Waals surface area contributed by atoms with Crippen LogP contribution in [0.5, 0.6) is 0 Å². The lowest BCUT2D eigenvalue weighted by molar-refractivity contribution is -0.126. The summed E-state index contributed by atoms with van der Waals surface area (Å²) >= 11 is 12.9. The number of carbonyl (C=O) groups excluding carboxylic acids is 2. The van der Waals surface area contributed by atoms with Gasteiger partial charge in [0, 0.05) is 10.3 Å². The van der Waals surface area contributed by atoms with Gasteiger partial charge in [-0.25, -0.2) is 4.79 Å². The molecule has 4 nitrogen and oxygen atoms in total. The largest absolute Gasteiger partial charge is 0.461 e. The number of ether oxygens (including phenoxy) is 1. The van der Waals surface area contributed by atoms with E-state index >= 15 is 0 Å². The molecule has 0 saturated heterocycles. The zero-order valence-corrected chi connectivity index (χ0v) is 15.4. The summed E-state index contributed by atoms with van der Waals surface area (Å²) in [6.45, 7) is 1.98. The van der Waals surface area contributed by atoms with Gasteiger partial charge in [-0.3, -0.25) is 4.79 Å². The van der Waals surface area contributed by atoms with Gasteiger partial charge in [-0.2, -0.15) is 0 Å². The highest BCUT2D eigenvalue weighted by Gasteiger charge is 2.35. The monoisotopic (exact) mass is 375 g/mol. The Morgan fingerprint density at radius 2 is 1.78 bits per heavy atom. The Morgan fingerprint density at radius 1 is 1.17 bits per heavy atom. The highest BCUT2D eigenvalue weighted by molar-refractivity contribution is 8.13. The van der Waals surface area contributed by atoms with Crippen LogP contribution in [0.4, 0.5) is 10.5 Å². The lowest BCUT2D eigenvalue weighted by Crippen LogP contribution is -2.35. The van der Waals surface area contributed by atoms with Crippen LogP contribution in [-0.2, 0) is 9.53 Å². The van der Waals surface area contributed by atoms with Gasteiger partial charge in [-0.1, -0.05) is 49.4 Å². The Hall–Kier alpha value is -0.910. The number of amides is 1. The molecule has 0 heterocycles. The molecule has 2 rings (SSSR count). The Labute approximate surface area is 150 Å². The molecule has 1 aliphatic carbocycles. The molecule has 1 amide bonds. The minimum absolute atomic E-state index is 0.0534. The second kappa shape index (κ2) is 7.77. The van der Waals surface area contributed by atoms with E-state index in [9.17, 15) is 9.59 Å². The molecule has 126 valence electrons. The standard InChI is InChI=1S/C16H19Cl2NO3S/c1-16(6-4-3-5-7-16)14(20)19-12-8-10(17)11(18)9-13(12)23-15(21)22-2/h8-9H,3-7H2,1-2H3,(H,19,20). The molecule has 1 aliphatic rings. The van der Waals surface area contributed by atoms with Gasteiger partial charge < -0.3 is 10.1 Å². The predicted molar refractivity (Wildman–Crippen MR) is 94.5 cm³/mol. The van der Waals surface area contributed by atoms with E-state index in [1.807, 2.05) is 6.92 Å². The lowest BCUT2D eigenvalue weighted by Gasteiger charge is -2.32. The van der Waals surface area contributed by atoms with E-state index < -0.39 is 10.7 Å². The summed E-state index contributed by atoms with van der Waals surface area (Å²) in [6, 6.07) is 3.13. The third kappa shape index (κ3) is 4.55. The number of rotatable bonds is 3. The second-order valence-electron chi connectivity index (χ2n) is 5.89. The summed E-state index contributed by atoms with van der Waals surface area (Å²) in [6.07, 6.45) is 4.99. The van der Waals surface area contributed by atoms with Crippen molar-refractivity contribution >= 4 is 51.9 Å². The topological polar surface area (TPSA) is 55.4 Å². The van der Waals surface area contributed by atoms with Crippen molar-refractivity contribution in [3.8, 4) is 0 Å². The summed E-state index contributed by atoms with van der Waals surface area (Å²) in [5, 5.41) is 3.07. The Morgan fingerprint density at radius 3 is 2.39 bits per heavy atom. The first-order valence-corrected chi connectivity index (χ1v) is 8.99. The van der Waals surface area contributed by atoms with Gasteiger partial charge in [0.05, 0.1) is 22.8 Å². The highest BCUT2D eigenvalue weighted by Crippen LogP contribution is 2.40. The molecule has 0 aliphatic heterocycles. The van der Waals surface area contributed by atoms with E-state index in [-0.39, 0.29) is 5.91 Å². The summed E-state index contributed by atoms with van der Waals surface area (Å²) < 4.78 is 4.66. The van der Waals surface area contributed by atoms with Gasteiger partial charge in [-0.15, -0.1) is 0 Å². The van der Waals surface area contributed by atoms with Crippen LogP contribution in [0.15, 0.2) is 17.0 Å². The van der Waals surface area contributed by atoms with Gasteiger partial charge in [0.1, 0.15) is 0 Å². The first kappa shape index (κ1) is 18.4. The van der Waals surface area contributed by atoms with Crippen LogP contribution in [0.3, 0.4) is 0 Å². The zero-order chi connectivity index (χ0) is 17.0. The molecule has 1 aromatic rings. The van der Waals surface area contributed by atoms with E-state index in [1.165, 1.54) is 13.5 Å². The summed E-state index contributed by atoms with van der Waals surface area (Å²) in [5.41, 5.74) is 0.0870. The molecule has 1 aromatic carbocycles. The number of hydrogen-bond acceptors (Lipinski definition) is 4. The Kier molecular flexibility index (Phi) is 6.23. The average molecular weight is 376 g/mol. The van der Waals surface area contributed by atoms with Crippen LogP contribution in [0.2, 0.25) is 10.0 Å². The second-order valence-corrected chi connectivity index (χ2v) is 7.69. The fraction of sp³-hybridized carbons (Fsp3) is 0.500. The van der Waals surface area contributed by atoms with Crippen LogP contribution >= 0.6 is 35.0 Å². The van der Waals surface area contributed by atoms with Crippen LogP contribution in [-0.4, -0.2) is 18.3 Å². The fourth-order valence-electron chi connectivity index (χ4n) is 2.67. The molecular formula is C16H19Cl2NO3S. The maximum Gasteiger partial charge on any atom is 0.371 e. The highest BCUT2D eigenvalue weighted by atomic mass is 35.5. The van der Waals surface area contributed by atoms with Crippen molar-refractivity contribution in [2.75, 3.05) is 12.4 Å². The number of halogens is 2. The molecule has 0 aromatic heterocycles. The van der Waals surface area contributed by atoms with Crippen molar-refractivity contribution in [2.24, 2.45) is 5.41 Å². The van der Waals surface area contributed by atoms with Crippen molar-refractivity contribution in [1.82, 2.24) is 0 Å². The Balaban J connectivity index is 2.25. The summed E-state index contributed by atoms with van der Waals surface area (Å²) in [5.74, 6) is -0.0534. The summed E-state index contributed by atoms with van der Waals surface area (Å²) in [4.78, 5) is 24.7. The first-order valence-electron chi connectivity index (χ1n) is 7.42. The number of nitrogens with one attached hydrogen (secondary N) is 1. The third-order valence-corrected chi connectivity index (χ3v) is 5.75. The first-order chi connectivity index (χ1) is 10.9. The van der Waals surface area contributed by atoms with Gasteiger partial charge in [-0.05, 0) is 36.7 Å². The van der Waals surface area contributed by atoms with Crippen LogP contribution < -0.4 is 5.32 Å². The van der Waals surface area contributed by atoms with Gasteiger partial charge in [0.25, 0.3) is 0 Å². The summed E-state index contributed by atoms with van der Waals surface area (Å²) in [7, 11) is 1.30. The molecule has 0 unspecified atom stereocenters. The van der Waals surface area contributed by atoms with Crippen molar-refractivity contribution in [1.29, 1.82) is 0 Å². The van der Waals surface area contributed by atoms with Crippen molar-refractivity contribution in [3.63, 3.8) is 0 Å². The van der Waals surface area contributed by atoms with E-state index in [4.69, 9.17) is 23.2 Å². The zero-order valence-electron chi connectivity index (χ0n) is 13.1. The molecular weight excluding hydrogens is 357 g/mol. The molecule has 1 saturated carbocycles. The number of anilines is 1. The molecule has 0 radical (unpaired) electrons. The van der Waals surface area contributed by atoms with Crippen molar-refractivity contribution < 1.29 is 14.3 Å². The molecule has 23 heavy (non-hydrogen) atoms. The quantitative estimate of drug-likeness (QED) is 0.538. The maximum atomic E-state index is 12.7. The van der Waals surface area contributed by atoms with E-state index in [0.29, 0.717) is 20.6 Å². The van der Waals surface area contributed by atoms with Crippen molar-refractivity contribution in [2.45, 2.75) is 43.9 Å². The Bertz CT molecular complexity index is 616. The smallest absolute Gasteiger partial charge is 0.371 e. The van der Waals surface area contributed by atoms with Crippen LogP contribution in [0, 0.1) is 5.41 Å². The van der Waals surface area contributed by atoms with Gasteiger partial charge in [0.15, 0.2) is 0 Å². The fourth-order valence-corrected chi connectivity index (χ4v) is 3.73.